The van der Waals surface area contributed by atoms with E-state index >= 15 is 0 Å². The van der Waals surface area contributed by atoms with Crippen molar-refractivity contribution >= 4 is 23.2 Å². The lowest BCUT2D eigenvalue weighted by Gasteiger charge is -2.11. The average molecular weight is 377 g/mol. The normalized spacial score (nSPS) is 11.0. The number of ether oxygens (including phenoxy) is 3. The van der Waals surface area contributed by atoms with E-state index in [0.717, 1.165) is 11.1 Å². The lowest BCUT2D eigenvalue weighted by Crippen LogP contribution is -2.25. The second kappa shape index (κ2) is 9.10. The molecule has 6 nitrogen and oxygen atoms in total. The number of amides is 1. The van der Waals surface area contributed by atoms with E-state index in [1.807, 2.05) is 6.92 Å². The van der Waals surface area contributed by atoms with Crippen LogP contribution < -0.4 is 19.6 Å². The van der Waals surface area contributed by atoms with Gasteiger partial charge in [0, 0.05) is 10.6 Å². The zero-order valence-electron chi connectivity index (χ0n) is 15.1. The number of benzene rings is 2. The molecule has 0 spiro atoms. The highest BCUT2D eigenvalue weighted by atomic mass is 35.5. The van der Waals surface area contributed by atoms with Gasteiger partial charge in [-0.1, -0.05) is 11.6 Å². The van der Waals surface area contributed by atoms with Crippen molar-refractivity contribution in [2.75, 3.05) is 20.8 Å². The van der Waals surface area contributed by atoms with E-state index in [1.54, 1.807) is 57.5 Å². The Kier molecular flexibility index (Phi) is 6.86. The molecule has 2 aromatic rings. The Balaban J connectivity index is 2.01. The number of rotatable bonds is 7. The predicted molar refractivity (Wildman–Crippen MR) is 102 cm³/mol. The monoisotopic (exact) mass is 376 g/mol. The first-order valence-electron chi connectivity index (χ1n) is 7.89. The van der Waals surface area contributed by atoms with Crippen LogP contribution in [0.25, 0.3) is 0 Å². The molecule has 2 aromatic carbocycles. The highest BCUT2D eigenvalue weighted by molar-refractivity contribution is 6.30. The van der Waals surface area contributed by atoms with E-state index in [1.165, 1.54) is 0 Å². The van der Waals surface area contributed by atoms with E-state index < -0.39 is 0 Å². The Hall–Kier alpha value is -2.73. The summed E-state index contributed by atoms with van der Waals surface area (Å²) in [4.78, 5) is 12.0. The number of hydrogen-bond donors (Lipinski definition) is 1. The van der Waals surface area contributed by atoms with Gasteiger partial charge >= 0.3 is 0 Å². The van der Waals surface area contributed by atoms with Gasteiger partial charge in [0.1, 0.15) is 17.2 Å². The summed E-state index contributed by atoms with van der Waals surface area (Å²) in [6, 6.07) is 10.6. The molecule has 138 valence electrons. The van der Waals surface area contributed by atoms with Crippen molar-refractivity contribution in [1.82, 2.24) is 5.43 Å². The summed E-state index contributed by atoms with van der Waals surface area (Å²) in [5.74, 6) is 1.53. The van der Waals surface area contributed by atoms with Crippen molar-refractivity contribution in [2.24, 2.45) is 5.10 Å². The number of hydrogen-bond acceptors (Lipinski definition) is 5. The number of nitrogens with zero attached hydrogens (tertiary/aromatic N) is 1. The third kappa shape index (κ3) is 5.13. The molecule has 0 saturated heterocycles. The van der Waals surface area contributed by atoms with Gasteiger partial charge in [0.15, 0.2) is 6.61 Å². The van der Waals surface area contributed by atoms with E-state index in [2.05, 4.69) is 10.5 Å². The molecule has 0 radical (unpaired) electrons. The van der Waals surface area contributed by atoms with Gasteiger partial charge in [0.2, 0.25) is 0 Å². The minimum absolute atomic E-state index is 0.158. The molecule has 0 bridgehead atoms. The van der Waals surface area contributed by atoms with E-state index in [9.17, 15) is 4.79 Å². The van der Waals surface area contributed by atoms with Gasteiger partial charge in [-0.05, 0) is 55.8 Å². The van der Waals surface area contributed by atoms with Crippen molar-refractivity contribution < 1.29 is 19.0 Å². The van der Waals surface area contributed by atoms with Crippen molar-refractivity contribution in [3.05, 3.63) is 52.5 Å². The number of aryl methyl sites for hydroxylation is 1. The summed E-state index contributed by atoms with van der Waals surface area (Å²) < 4.78 is 16.0. The molecule has 1 amide bonds. The maximum atomic E-state index is 12.0. The molecule has 0 heterocycles. The fraction of sp³-hybridized carbons (Fsp3) is 0.263. The molecule has 1 N–H and O–H groups in total. The number of methoxy groups -OCH3 is 2. The Morgan fingerprint density at radius 1 is 1.12 bits per heavy atom. The standard InChI is InChI=1S/C19H21ClN2O4/c1-12-9-14(20)5-7-17(12)26-11-19(23)22-21-13(2)16-10-15(24-3)6-8-18(16)25-4/h5-10H,11H2,1-4H3,(H,22,23)/b21-13-. The summed E-state index contributed by atoms with van der Waals surface area (Å²) in [5, 5.41) is 4.72. The fourth-order valence-electron chi connectivity index (χ4n) is 2.25. The van der Waals surface area contributed by atoms with Crippen LogP contribution in [-0.4, -0.2) is 32.4 Å². The van der Waals surface area contributed by atoms with Crippen LogP contribution >= 0.6 is 11.6 Å². The average Bonchev–Trinajstić information content (AvgIpc) is 2.64. The Labute approximate surface area is 157 Å². The number of hydrazone groups is 1. The van der Waals surface area contributed by atoms with E-state index in [0.29, 0.717) is 28.0 Å². The maximum Gasteiger partial charge on any atom is 0.277 e. The van der Waals surface area contributed by atoms with E-state index in [4.69, 9.17) is 25.8 Å². The number of nitrogens with one attached hydrogen (secondary N) is 1. The van der Waals surface area contributed by atoms with Crippen LogP contribution in [0.2, 0.25) is 5.02 Å². The molecule has 0 aliphatic rings. The van der Waals surface area contributed by atoms with Crippen LogP contribution in [0.15, 0.2) is 41.5 Å². The summed E-state index contributed by atoms with van der Waals surface area (Å²) in [5.41, 5.74) is 4.63. The van der Waals surface area contributed by atoms with Gasteiger partial charge in [-0.2, -0.15) is 5.10 Å². The summed E-state index contributed by atoms with van der Waals surface area (Å²) in [6.45, 7) is 3.47. The molecule has 26 heavy (non-hydrogen) atoms. The first-order valence-corrected chi connectivity index (χ1v) is 8.27. The van der Waals surface area contributed by atoms with Gasteiger partial charge in [-0.15, -0.1) is 0 Å². The molecular formula is C19H21ClN2O4. The Morgan fingerprint density at radius 3 is 2.50 bits per heavy atom. The quantitative estimate of drug-likeness (QED) is 0.592. The molecule has 0 saturated carbocycles. The van der Waals surface area contributed by atoms with Gasteiger partial charge in [0.25, 0.3) is 5.91 Å². The van der Waals surface area contributed by atoms with E-state index in [-0.39, 0.29) is 12.5 Å². The molecule has 0 fully saturated rings. The van der Waals surface area contributed by atoms with Crippen molar-refractivity contribution in [1.29, 1.82) is 0 Å². The van der Waals surface area contributed by atoms with Crippen LogP contribution in [0.1, 0.15) is 18.1 Å². The summed E-state index contributed by atoms with van der Waals surface area (Å²) in [6.07, 6.45) is 0. The minimum atomic E-state index is -0.374. The van der Waals surface area contributed by atoms with Crippen molar-refractivity contribution in [3.8, 4) is 17.2 Å². The van der Waals surface area contributed by atoms with Crippen LogP contribution in [0.4, 0.5) is 0 Å². The highest BCUT2D eigenvalue weighted by Gasteiger charge is 2.10. The first-order chi connectivity index (χ1) is 12.4. The molecule has 0 atom stereocenters. The second-order valence-corrected chi connectivity index (χ2v) is 5.93. The summed E-state index contributed by atoms with van der Waals surface area (Å²) >= 11 is 5.90. The van der Waals surface area contributed by atoms with Crippen molar-refractivity contribution in [2.45, 2.75) is 13.8 Å². The minimum Gasteiger partial charge on any atom is -0.497 e. The van der Waals surface area contributed by atoms with Crippen LogP contribution in [0, 0.1) is 6.92 Å². The maximum absolute atomic E-state index is 12.0. The third-order valence-corrected chi connectivity index (χ3v) is 3.88. The molecule has 0 aliphatic carbocycles. The predicted octanol–water partition coefficient (Wildman–Crippen LogP) is 3.58. The molecule has 0 unspecified atom stereocenters. The van der Waals surface area contributed by atoms with Gasteiger partial charge in [0.05, 0.1) is 19.9 Å². The zero-order valence-corrected chi connectivity index (χ0v) is 15.9. The Morgan fingerprint density at radius 2 is 1.85 bits per heavy atom. The fourth-order valence-corrected chi connectivity index (χ4v) is 2.48. The van der Waals surface area contributed by atoms with Crippen LogP contribution in [-0.2, 0) is 4.79 Å². The first kappa shape index (κ1) is 19.6. The topological polar surface area (TPSA) is 69.2 Å². The largest absolute Gasteiger partial charge is 0.497 e. The lowest BCUT2D eigenvalue weighted by molar-refractivity contribution is -0.123. The van der Waals surface area contributed by atoms with Crippen molar-refractivity contribution in [3.63, 3.8) is 0 Å². The Bertz CT molecular complexity index is 821. The van der Waals surface area contributed by atoms with Gasteiger partial charge in [-0.25, -0.2) is 5.43 Å². The SMILES string of the molecule is COc1ccc(OC)c(/C(C)=N\NC(=O)COc2ccc(Cl)cc2C)c1. The highest BCUT2D eigenvalue weighted by Crippen LogP contribution is 2.24. The smallest absolute Gasteiger partial charge is 0.277 e. The third-order valence-electron chi connectivity index (χ3n) is 3.64. The van der Waals surface area contributed by atoms with Gasteiger partial charge in [-0.3, -0.25) is 4.79 Å². The number of halogens is 1. The van der Waals surface area contributed by atoms with Crippen LogP contribution in [0.5, 0.6) is 17.2 Å². The molecule has 0 aliphatic heterocycles. The molecule has 7 heteroatoms. The summed E-state index contributed by atoms with van der Waals surface area (Å²) in [7, 11) is 3.15. The molecule has 2 rings (SSSR count). The molecule has 0 aromatic heterocycles. The lowest BCUT2D eigenvalue weighted by atomic mass is 10.1. The second-order valence-electron chi connectivity index (χ2n) is 5.50. The molecular weight excluding hydrogens is 356 g/mol. The zero-order chi connectivity index (χ0) is 19.1. The van der Waals surface area contributed by atoms with Gasteiger partial charge < -0.3 is 14.2 Å². The number of carbonyl (C=O) groups excluding carboxylic acids is 1. The number of carbonyl (C=O) groups is 1. The van der Waals surface area contributed by atoms with Crippen LogP contribution in [0.3, 0.4) is 0 Å².